The van der Waals surface area contributed by atoms with Gasteiger partial charge in [-0.1, -0.05) is 54.1 Å². The van der Waals surface area contributed by atoms with Crippen LogP contribution in [0.1, 0.15) is 16.1 Å². The van der Waals surface area contributed by atoms with Gasteiger partial charge < -0.3 is 5.73 Å². The lowest BCUT2D eigenvalue weighted by atomic mass is 10.1. The van der Waals surface area contributed by atoms with Crippen molar-refractivity contribution in [1.29, 1.82) is 0 Å². The molecule has 0 atom stereocenters. The predicted octanol–water partition coefficient (Wildman–Crippen LogP) is 3.60. The lowest BCUT2D eigenvalue weighted by Crippen LogP contribution is -2.12. The molecular weight excluding hydrogens is 298 g/mol. The van der Waals surface area contributed by atoms with Crippen LogP contribution in [0, 0.1) is 6.92 Å². The summed E-state index contributed by atoms with van der Waals surface area (Å²) in [6, 6.07) is 17.4. The third-order valence-electron chi connectivity index (χ3n) is 3.35. The average Bonchev–Trinajstić information content (AvgIpc) is 2.86. The van der Waals surface area contributed by atoms with E-state index in [2.05, 4.69) is 5.10 Å². The molecule has 2 N–H and O–H groups in total. The summed E-state index contributed by atoms with van der Waals surface area (Å²) in [7, 11) is 0. The number of benzene rings is 2. The fraction of sp³-hybridized carbons (Fsp3) is 0.0588. The summed E-state index contributed by atoms with van der Waals surface area (Å²) in [6.07, 6.45) is 0. The molecule has 0 aliphatic carbocycles. The first kappa shape index (κ1) is 14.4. The van der Waals surface area contributed by atoms with Crippen molar-refractivity contribution < 1.29 is 4.79 Å². The predicted molar refractivity (Wildman–Crippen MR) is 87.3 cm³/mol. The Morgan fingerprint density at radius 3 is 2.50 bits per heavy atom. The summed E-state index contributed by atoms with van der Waals surface area (Å²) in [4.78, 5) is 11.6. The van der Waals surface area contributed by atoms with E-state index in [9.17, 15) is 4.79 Å². The van der Waals surface area contributed by atoms with Gasteiger partial charge in [-0.15, -0.1) is 0 Å². The number of aromatic nitrogens is 2. The molecule has 0 radical (unpaired) electrons. The van der Waals surface area contributed by atoms with Gasteiger partial charge in [0.25, 0.3) is 5.91 Å². The Morgan fingerprint density at radius 1 is 1.14 bits per heavy atom. The molecule has 4 nitrogen and oxygen atoms in total. The van der Waals surface area contributed by atoms with Crippen molar-refractivity contribution in [3.8, 4) is 16.9 Å². The molecule has 5 heteroatoms. The van der Waals surface area contributed by atoms with Gasteiger partial charge in [-0.3, -0.25) is 4.79 Å². The van der Waals surface area contributed by atoms with Crippen LogP contribution in [0.15, 0.2) is 54.6 Å². The van der Waals surface area contributed by atoms with E-state index in [4.69, 9.17) is 17.3 Å². The van der Waals surface area contributed by atoms with Gasteiger partial charge in [-0.25, -0.2) is 4.68 Å². The number of nitrogens with two attached hydrogens (primary N) is 1. The van der Waals surface area contributed by atoms with E-state index in [1.807, 2.05) is 61.5 Å². The van der Waals surface area contributed by atoms with Crippen LogP contribution in [0.3, 0.4) is 0 Å². The Morgan fingerprint density at radius 2 is 1.86 bits per heavy atom. The van der Waals surface area contributed by atoms with Gasteiger partial charge in [0.15, 0.2) is 5.69 Å². The highest BCUT2D eigenvalue weighted by Gasteiger charge is 2.21. The number of hydrogen-bond donors (Lipinski definition) is 1. The third kappa shape index (κ3) is 2.49. The first-order chi connectivity index (χ1) is 10.6. The first-order valence-corrected chi connectivity index (χ1v) is 7.16. The summed E-state index contributed by atoms with van der Waals surface area (Å²) < 4.78 is 1.66. The molecule has 0 aliphatic heterocycles. The first-order valence-electron chi connectivity index (χ1n) is 6.78. The van der Waals surface area contributed by atoms with E-state index in [1.165, 1.54) is 0 Å². The highest BCUT2D eigenvalue weighted by atomic mass is 35.5. The van der Waals surface area contributed by atoms with E-state index in [0.717, 1.165) is 16.8 Å². The maximum Gasteiger partial charge on any atom is 0.270 e. The molecule has 0 fully saturated rings. The molecule has 3 aromatic rings. The Bertz CT molecular complexity index is 840. The molecule has 1 heterocycles. The number of carbonyl (C=O) groups excluding carboxylic acids is 1. The molecule has 22 heavy (non-hydrogen) atoms. The molecular formula is C17H14ClN3O. The topological polar surface area (TPSA) is 60.9 Å². The SMILES string of the molecule is Cc1cccc(-n2nc(C(N)=O)c(Cl)c2-c2ccccc2)c1. The van der Waals surface area contributed by atoms with Crippen LogP contribution in [0.25, 0.3) is 16.9 Å². The second kappa shape index (κ2) is 5.66. The fourth-order valence-corrected chi connectivity index (χ4v) is 2.67. The van der Waals surface area contributed by atoms with E-state index in [-0.39, 0.29) is 10.7 Å². The number of carbonyl (C=O) groups is 1. The second-order valence-corrected chi connectivity index (χ2v) is 5.37. The molecule has 0 saturated heterocycles. The van der Waals surface area contributed by atoms with Crippen molar-refractivity contribution in [2.75, 3.05) is 0 Å². The van der Waals surface area contributed by atoms with Gasteiger partial charge in [0.1, 0.15) is 5.02 Å². The zero-order chi connectivity index (χ0) is 15.7. The van der Waals surface area contributed by atoms with Crippen LogP contribution in [0.2, 0.25) is 5.02 Å². The largest absolute Gasteiger partial charge is 0.364 e. The molecule has 3 rings (SSSR count). The zero-order valence-electron chi connectivity index (χ0n) is 12.0. The van der Waals surface area contributed by atoms with Gasteiger partial charge >= 0.3 is 0 Å². The number of amides is 1. The molecule has 0 spiro atoms. The van der Waals surface area contributed by atoms with E-state index in [1.54, 1.807) is 4.68 Å². The number of rotatable bonds is 3. The van der Waals surface area contributed by atoms with Gasteiger partial charge in [0.2, 0.25) is 0 Å². The Balaban J connectivity index is 2.30. The number of halogens is 1. The van der Waals surface area contributed by atoms with Crippen molar-refractivity contribution in [3.63, 3.8) is 0 Å². The van der Waals surface area contributed by atoms with Crippen LogP contribution < -0.4 is 5.73 Å². The highest BCUT2D eigenvalue weighted by Crippen LogP contribution is 2.32. The summed E-state index contributed by atoms with van der Waals surface area (Å²) in [5.41, 5.74) is 8.89. The molecule has 2 aromatic carbocycles. The summed E-state index contributed by atoms with van der Waals surface area (Å²) >= 11 is 6.36. The third-order valence-corrected chi connectivity index (χ3v) is 3.71. The Hall–Kier alpha value is -2.59. The average molecular weight is 312 g/mol. The summed E-state index contributed by atoms with van der Waals surface area (Å²) in [5, 5.41) is 4.57. The molecule has 1 amide bonds. The van der Waals surface area contributed by atoms with Crippen LogP contribution in [0.5, 0.6) is 0 Å². The number of aryl methyl sites for hydroxylation is 1. The molecule has 110 valence electrons. The van der Waals surface area contributed by atoms with Gasteiger partial charge in [0, 0.05) is 5.56 Å². The molecule has 1 aromatic heterocycles. The smallest absolute Gasteiger partial charge is 0.270 e. The molecule has 0 saturated carbocycles. The maximum atomic E-state index is 11.6. The standard InChI is InChI=1S/C17H14ClN3O/c1-11-6-5-9-13(10-11)21-16(12-7-3-2-4-8-12)14(18)15(20-21)17(19)22/h2-10H,1H3,(H2,19,22). The minimum atomic E-state index is -0.645. The van der Waals surface area contributed by atoms with Crippen molar-refractivity contribution in [3.05, 3.63) is 70.9 Å². The van der Waals surface area contributed by atoms with Gasteiger partial charge in [-0.2, -0.15) is 5.10 Å². The minimum absolute atomic E-state index is 0.0713. The van der Waals surface area contributed by atoms with Crippen molar-refractivity contribution in [1.82, 2.24) is 9.78 Å². The quantitative estimate of drug-likeness (QED) is 0.803. The zero-order valence-corrected chi connectivity index (χ0v) is 12.7. The normalized spacial score (nSPS) is 10.6. The van der Waals surface area contributed by atoms with Crippen LogP contribution in [-0.2, 0) is 0 Å². The summed E-state index contributed by atoms with van der Waals surface area (Å²) in [5.74, 6) is -0.645. The second-order valence-electron chi connectivity index (χ2n) is 4.99. The van der Waals surface area contributed by atoms with Gasteiger partial charge in [0.05, 0.1) is 11.4 Å². The van der Waals surface area contributed by atoms with Crippen LogP contribution >= 0.6 is 11.6 Å². The molecule has 0 aliphatic rings. The van der Waals surface area contributed by atoms with Crippen LogP contribution in [-0.4, -0.2) is 15.7 Å². The number of primary amides is 1. The molecule has 0 bridgehead atoms. The molecule has 0 unspecified atom stereocenters. The van der Waals surface area contributed by atoms with Crippen molar-refractivity contribution in [2.45, 2.75) is 6.92 Å². The van der Waals surface area contributed by atoms with E-state index in [0.29, 0.717) is 5.69 Å². The van der Waals surface area contributed by atoms with Crippen molar-refractivity contribution in [2.24, 2.45) is 5.73 Å². The summed E-state index contributed by atoms with van der Waals surface area (Å²) in [6.45, 7) is 1.99. The van der Waals surface area contributed by atoms with E-state index < -0.39 is 5.91 Å². The minimum Gasteiger partial charge on any atom is -0.364 e. The maximum absolute atomic E-state index is 11.6. The lowest BCUT2D eigenvalue weighted by Gasteiger charge is -2.08. The Kier molecular flexibility index (Phi) is 3.69. The number of nitrogens with zero attached hydrogens (tertiary/aromatic N) is 2. The van der Waals surface area contributed by atoms with Crippen molar-refractivity contribution >= 4 is 17.5 Å². The highest BCUT2D eigenvalue weighted by molar-refractivity contribution is 6.36. The Labute approximate surface area is 133 Å². The lowest BCUT2D eigenvalue weighted by molar-refractivity contribution is 0.0995. The van der Waals surface area contributed by atoms with E-state index >= 15 is 0 Å². The number of hydrogen-bond acceptors (Lipinski definition) is 2. The monoisotopic (exact) mass is 311 g/mol. The van der Waals surface area contributed by atoms with Crippen LogP contribution in [0.4, 0.5) is 0 Å². The fourth-order valence-electron chi connectivity index (χ4n) is 2.35. The van der Waals surface area contributed by atoms with Gasteiger partial charge in [-0.05, 0) is 24.6 Å².